The average Bonchev–Trinajstić information content (AvgIpc) is 2.81. The predicted octanol–water partition coefficient (Wildman–Crippen LogP) is 4.99. The molecule has 1 aromatic heterocycles. The molecule has 6 heteroatoms. The normalized spacial score (nSPS) is 11.1. The van der Waals surface area contributed by atoms with Gasteiger partial charge in [-0.2, -0.15) is 0 Å². The lowest BCUT2D eigenvalue weighted by atomic mass is 9.99. The molecular weight excluding hydrogens is 313 g/mol. The summed E-state index contributed by atoms with van der Waals surface area (Å²) in [6, 6.07) is 5.77. The SMILES string of the molecule is Cc1cc(-c2c(C(=O)O)sc3cc(F)ccc23)c(F)cc1F. The topological polar surface area (TPSA) is 37.3 Å². The largest absolute Gasteiger partial charge is 0.477 e. The summed E-state index contributed by atoms with van der Waals surface area (Å²) in [6.07, 6.45) is 0. The van der Waals surface area contributed by atoms with Crippen molar-refractivity contribution in [2.75, 3.05) is 0 Å². The molecule has 0 saturated heterocycles. The lowest BCUT2D eigenvalue weighted by Gasteiger charge is -2.07. The number of halogens is 3. The second-order valence-electron chi connectivity index (χ2n) is 4.83. The van der Waals surface area contributed by atoms with Crippen molar-refractivity contribution in [1.82, 2.24) is 0 Å². The maximum absolute atomic E-state index is 14.1. The van der Waals surface area contributed by atoms with Gasteiger partial charge in [-0.1, -0.05) is 0 Å². The van der Waals surface area contributed by atoms with Crippen molar-refractivity contribution in [2.45, 2.75) is 6.92 Å². The number of aryl methyl sites for hydroxylation is 1. The van der Waals surface area contributed by atoms with Gasteiger partial charge >= 0.3 is 5.97 Å². The van der Waals surface area contributed by atoms with Crippen molar-refractivity contribution >= 4 is 27.4 Å². The van der Waals surface area contributed by atoms with E-state index in [-0.39, 0.29) is 21.6 Å². The standard InChI is InChI=1S/C16H9F3O2S/c1-7-4-10(12(19)6-11(7)18)14-9-3-2-8(17)5-13(9)22-15(14)16(20)21/h2-6H,1H3,(H,20,21). The third kappa shape index (κ3) is 2.25. The van der Waals surface area contributed by atoms with Crippen LogP contribution in [0.3, 0.4) is 0 Å². The number of aromatic carboxylic acids is 1. The molecule has 1 N–H and O–H groups in total. The second kappa shape index (κ2) is 5.14. The highest BCUT2D eigenvalue weighted by molar-refractivity contribution is 7.21. The Bertz CT molecular complexity index is 915. The highest BCUT2D eigenvalue weighted by atomic mass is 32.1. The van der Waals surface area contributed by atoms with E-state index in [4.69, 9.17) is 0 Å². The minimum Gasteiger partial charge on any atom is -0.477 e. The maximum Gasteiger partial charge on any atom is 0.346 e. The van der Waals surface area contributed by atoms with Gasteiger partial charge in [-0.3, -0.25) is 0 Å². The molecule has 2 nitrogen and oxygen atoms in total. The van der Waals surface area contributed by atoms with E-state index in [1.165, 1.54) is 31.2 Å². The lowest BCUT2D eigenvalue weighted by molar-refractivity contribution is 0.0703. The summed E-state index contributed by atoms with van der Waals surface area (Å²) < 4.78 is 41.3. The predicted molar refractivity (Wildman–Crippen MR) is 78.8 cm³/mol. The van der Waals surface area contributed by atoms with Crippen LogP contribution in [0.2, 0.25) is 0 Å². The Labute approximate surface area is 127 Å². The van der Waals surface area contributed by atoms with E-state index in [1.54, 1.807) is 0 Å². The molecule has 0 saturated carbocycles. The van der Waals surface area contributed by atoms with Gasteiger partial charge in [-0.25, -0.2) is 18.0 Å². The minimum absolute atomic E-state index is 0.00541. The number of benzene rings is 2. The third-order valence-electron chi connectivity index (χ3n) is 3.36. The van der Waals surface area contributed by atoms with Crippen LogP contribution in [-0.2, 0) is 0 Å². The molecule has 0 aliphatic rings. The van der Waals surface area contributed by atoms with Crippen LogP contribution in [0, 0.1) is 24.4 Å². The Morgan fingerprint density at radius 1 is 1.09 bits per heavy atom. The van der Waals surface area contributed by atoms with E-state index in [0.717, 1.165) is 17.4 Å². The monoisotopic (exact) mass is 322 g/mol. The molecule has 0 spiro atoms. The van der Waals surface area contributed by atoms with Crippen LogP contribution in [0.5, 0.6) is 0 Å². The molecule has 3 rings (SSSR count). The molecule has 0 unspecified atom stereocenters. The Balaban J connectivity index is 2.41. The summed E-state index contributed by atoms with van der Waals surface area (Å²) in [4.78, 5) is 11.3. The van der Waals surface area contributed by atoms with Crippen molar-refractivity contribution in [3.05, 3.63) is 58.2 Å². The zero-order valence-electron chi connectivity index (χ0n) is 11.3. The number of carboxylic acid groups (broad SMARTS) is 1. The summed E-state index contributed by atoms with van der Waals surface area (Å²) >= 11 is 0.860. The Hall–Kier alpha value is -2.34. The van der Waals surface area contributed by atoms with Crippen LogP contribution in [0.15, 0.2) is 30.3 Å². The number of carbonyl (C=O) groups is 1. The first kappa shape index (κ1) is 14.6. The molecule has 1 heterocycles. The molecule has 2 aromatic carbocycles. The van der Waals surface area contributed by atoms with Crippen molar-refractivity contribution in [3.63, 3.8) is 0 Å². The quantitative estimate of drug-likeness (QED) is 0.721. The maximum atomic E-state index is 14.1. The van der Waals surface area contributed by atoms with Crippen molar-refractivity contribution in [2.24, 2.45) is 0 Å². The Kier molecular flexibility index (Phi) is 3.41. The molecule has 0 aliphatic carbocycles. The van der Waals surface area contributed by atoms with Crippen LogP contribution in [0.4, 0.5) is 13.2 Å². The zero-order valence-corrected chi connectivity index (χ0v) is 12.1. The number of fused-ring (bicyclic) bond motifs is 1. The van der Waals surface area contributed by atoms with Gasteiger partial charge in [-0.05, 0) is 36.8 Å². The van der Waals surface area contributed by atoms with Gasteiger partial charge < -0.3 is 5.11 Å². The lowest BCUT2D eigenvalue weighted by Crippen LogP contribution is -1.97. The molecule has 112 valence electrons. The smallest absolute Gasteiger partial charge is 0.346 e. The van der Waals surface area contributed by atoms with E-state index in [9.17, 15) is 23.1 Å². The summed E-state index contributed by atoms with van der Waals surface area (Å²) in [5, 5.41) is 9.76. The number of thiophene rings is 1. The molecule has 0 bridgehead atoms. The van der Waals surface area contributed by atoms with Crippen LogP contribution < -0.4 is 0 Å². The fourth-order valence-electron chi connectivity index (χ4n) is 2.34. The van der Waals surface area contributed by atoms with E-state index in [0.29, 0.717) is 10.1 Å². The van der Waals surface area contributed by atoms with E-state index >= 15 is 0 Å². The van der Waals surface area contributed by atoms with E-state index < -0.39 is 23.4 Å². The highest BCUT2D eigenvalue weighted by Crippen LogP contribution is 2.40. The summed E-state index contributed by atoms with van der Waals surface area (Å²) in [5.74, 6) is -3.30. The number of hydrogen-bond acceptors (Lipinski definition) is 2. The molecule has 0 radical (unpaired) electrons. The molecular formula is C16H9F3O2S. The third-order valence-corrected chi connectivity index (χ3v) is 4.50. The van der Waals surface area contributed by atoms with Gasteiger partial charge in [0.15, 0.2) is 0 Å². The molecule has 3 aromatic rings. The molecule has 0 fully saturated rings. The fraction of sp³-hybridized carbons (Fsp3) is 0.0625. The first-order valence-corrected chi connectivity index (χ1v) is 7.11. The molecule has 0 amide bonds. The molecule has 0 atom stereocenters. The minimum atomic E-state index is -1.24. The van der Waals surface area contributed by atoms with E-state index in [2.05, 4.69) is 0 Å². The van der Waals surface area contributed by atoms with Crippen LogP contribution in [0.25, 0.3) is 21.2 Å². The highest BCUT2D eigenvalue weighted by Gasteiger charge is 2.22. The first-order valence-electron chi connectivity index (χ1n) is 6.30. The second-order valence-corrected chi connectivity index (χ2v) is 5.89. The van der Waals surface area contributed by atoms with Gasteiger partial charge in [0.25, 0.3) is 0 Å². The Morgan fingerprint density at radius 2 is 1.82 bits per heavy atom. The summed E-state index contributed by atoms with van der Waals surface area (Å²) in [6.45, 7) is 1.47. The Morgan fingerprint density at radius 3 is 2.50 bits per heavy atom. The van der Waals surface area contributed by atoms with Crippen molar-refractivity contribution < 1.29 is 23.1 Å². The summed E-state index contributed by atoms with van der Waals surface area (Å²) in [5.41, 5.74) is 0.344. The van der Waals surface area contributed by atoms with Gasteiger partial charge in [0.2, 0.25) is 0 Å². The van der Waals surface area contributed by atoms with Crippen LogP contribution in [0.1, 0.15) is 15.2 Å². The number of rotatable bonds is 2. The van der Waals surface area contributed by atoms with Crippen LogP contribution in [-0.4, -0.2) is 11.1 Å². The summed E-state index contributed by atoms with van der Waals surface area (Å²) in [7, 11) is 0. The average molecular weight is 322 g/mol. The first-order chi connectivity index (χ1) is 10.4. The van der Waals surface area contributed by atoms with Gasteiger partial charge in [0, 0.05) is 27.3 Å². The number of hydrogen-bond donors (Lipinski definition) is 1. The van der Waals surface area contributed by atoms with Crippen LogP contribution >= 0.6 is 11.3 Å². The van der Waals surface area contributed by atoms with Crippen molar-refractivity contribution in [1.29, 1.82) is 0 Å². The van der Waals surface area contributed by atoms with Crippen molar-refractivity contribution in [3.8, 4) is 11.1 Å². The van der Waals surface area contributed by atoms with Gasteiger partial charge in [0.1, 0.15) is 22.3 Å². The number of carboxylic acids is 1. The van der Waals surface area contributed by atoms with Gasteiger partial charge in [0.05, 0.1) is 0 Å². The fourth-order valence-corrected chi connectivity index (χ4v) is 3.42. The zero-order chi connectivity index (χ0) is 16.0. The molecule has 22 heavy (non-hydrogen) atoms. The molecule has 0 aliphatic heterocycles. The van der Waals surface area contributed by atoms with E-state index in [1.807, 2.05) is 0 Å². The van der Waals surface area contributed by atoms with Gasteiger partial charge in [-0.15, -0.1) is 11.3 Å².